The molecule has 4 heteroatoms. The van der Waals surface area contributed by atoms with Crippen molar-refractivity contribution in [3.63, 3.8) is 0 Å². The lowest BCUT2D eigenvalue weighted by atomic mass is 9.95. The monoisotopic (exact) mass is 736 g/mol. The minimum absolute atomic E-state index is 0.815. The van der Waals surface area contributed by atoms with Gasteiger partial charge in [-0.05, 0) is 98.4 Å². The van der Waals surface area contributed by atoms with Crippen molar-refractivity contribution in [1.29, 1.82) is 0 Å². The van der Waals surface area contributed by atoms with Crippen LogP contribution in [0.15, 0.2) is 194 Å². The van der Waals surface area contributed by atoms with E-state index < -0.39 is 0 Å². The topological polar surface area (TPSA) is 35.6 Å². The van der Waals surface area contributed by atoms with Crippen molar-refractivity contribution in [2.24, 2.45) is 0 Å². The largest absolute Gasteiger partial charge is 0.309 e. The molecular formula is C54H32N4. The van der Waals surface area contributed by atoms with Crippen LogP contribution >= 0.6 is 0 Å². The molecule has 58 heavy (non-hydrogen) atoms. The first-order valence-corrected chi connectivity index (χ1v) is 19.8. The van der Waals surface area contributed by atoms with Crippen molar-refractivity contribution in [3.05, 3.63) is 194 Å². The van der Waals surface area contributed by atoms with Crippen LogP contribution in [0.3, 0.4) is 0 Å². The average molecular weight is 737 g/mol. The van der Waals surface area contributed by atoms with E-state index in [-0.39, 0.29) is 0 Å². The van der Waals surface area contributed by atoms with Gasteiger partial charge in [0.1, 0.15) is 5.69 Å². The zero-order valence-electron chi connectivity index (χ0n) is 31.3. The summed E-state index contributed by atoms with van der Waals surface area (Å²) >= 11 is 0. The maximum atomic E-state index is 5.51. The maximum Gasteiger partial charge on any atom is 0.165 e. The third-order valence-corrected chi connectivity index (χ3v) is 12.2. The maximum absolute atomic E-state index is 5.51. The quantitative estimate of drug-likeness (QED) is 0.169. The summed E-state index contributed by atoms with van der Waals surface area (Å²) < 4.78 is 4.81. The smallest absolute Gasteiger partial charge is 0.165 e. The number of hydrogen-bond donors (Lipinski definition) is 0. The predicted octanol–water partition coefficient (Wildman–Crippen LogP) is 14.1. The Balaban J connectivity index is 1.14. The van der Waals surface area contributed by atoms with Gasteiger partial charge in [-0.25, -0.2) is 9.97 Å². The van der Waals surface area contributed by atoms with Crippen LogP contribution in [-0.2, 0) is 0 Å². The van der Waals surface area contributed by atoms with Gasteiger partial charge < -0.3 is 4.57 Å². The minimum Gasteiger partial charge on any atom is -0.309 e. The summed E-state index contributed by atoms with van der Waals surface area (Å²) in [6.07, 6.45) is 0. The molecule has 0 aliphatic rings. The molecule has 0 fully saturated rings. The van der Waals surface area contributed by atoms with Crippen molar-refractivity contribution in [2.75, 3.05) is 0 Å². The van der Waals surface area contributed by atoms with E-state index in [0.717, 1.165) is 55.6 Å². The van der Waals surface area contributed by atoms with E-state index in [1.54, 1.807) is 0 Å². The van der Waals surface area contributed by atoms with Crippen molar-refractivity contribution < 1.29 is 0 Å². The van der Waals surface area contributed by atoms with Crippen LogP contribution in [-0.4, -0.2) is 19.1 Å². The Morgan fingerprint density at radius 2 is 0.810 bits per heavy atom. The molecule has 13 aromatic rings. The molecule has 0 spiro atoms. The zero-order valence-corrected chi connectivity index (χ0v) is 31.3. The van der Waals surface area contributed by atoms with Crippen LogP contribution in [0.4, 0.5) is 0 Å². The lowest BCUT2D eigenvalue weighted by molar-refractivity contribution is 1.08. The van der Waals surface area contributed by atoms with Crippen LogP contribution in [0.2, 0.25) is 0 Å². The van der Waals surface area contributed by atoms with Crippen LogP contribution in [0.5, 0.6) is 0 Å². The van der Waals surface area contributed by atoms with Crippen molar-refractivity contribution in [1.82, 2.24) is 19.1 Å². The highest BCUT2D eigenvalue weighted by Gasteiger charge is 2.23. The van der Waals surface area contributed by atoms with Gasteiger partial charge in [-0.3, -0.25) is 4.57 Å². The van der Waals surface area contributed by atoms with Gasteiger partial charge in [0.05, 0.1) is 38.8 Å². The summed E-state index contributed by atoms with van der Waals surface area (Å²) in [7, 11) is 0. The Morgan fingerprint density at radius 1 is 0.293 bits per heavy atom. The molecule has 268 valence electrons. The molecule has 0 saturated heterocycles. The SMILES string of the molecule is c1ccc2cc3c(cc2c1)c1ccccc1n3-c1cccc2cc3c(cc12)c1ccccc1n3-c1nc2ccccc2nc1-c1cc2ccccc2c2ccccc12. The molecule has 3 heterocycles. The molecule has 0 amide bonds. The van der Waals surface area contributed by atoms with Gasteiger partial charge in [0, 0.05) is 32.5 Å². The molecule has 13 rings (SSSR count). The van der Waals surface area contributed by atoms with E-state index in [4.69, 9.17) is 9.97 Å². The van der Waals surface area contributed by atoms with E-state index in [0.29, 0.717) is 0 Å². The summed E-state index contributed by atoms with van der Waals surface area (Å²) in [4.78, 5) is 11.0. The highest BCUT2D eigenvalue weighted by molar-refractivity contribution is 6.19. The summed E-state index contributed by atoms with van der Waals surface area (Å²) in [5, 5.41) is 14.5. The fraction of sp³-hybridized carbons (Fsp3) is 0. The van der Waals surface area contributed by atoms with Crippen molar-refractivity contribution >= 4 is 97.7 Å². The molecule has 0 aliphatic heterocycles. The van der Waals surface area contributed by atoms with Gasteiger partial charge in [0.25, 0.3) is 0 Å². The molecule has 3 aromatic heterocycles. The van der Waals surface area contributed by atoms with Gasteiger partial charge in [0.15, 0.2) is 5.82 Å². The minimum atomic E-state index is 0.815. The third kappa shape index (κ3) is 4.40. The highest BCUT2D eigenvalue weighted by atomic mass is 15.1. The number of para-hydroxylation sites is 4. The van der Waals surface area contributed by atoms with Gasteiger partial charge in [-0.2, -0.15) is 0 Å². The first-order chi connectivity index (χ1) is 28.8. The Bertz CT molecular complexity index is 3870. The van der Waals surface area contributed by atoms with Gasteiger partial charge >= 0.3 is 0 Å². The number of fused-ring (bicyclic) bond motifs is 12. The predicted molar refractivity (Wildman–Crippen MR) is 244 cm³/mol. The van der Waals surface area contributed by atoms with Gasteiger partial charge in [0.2, 0.25) is 0 Å². The summed E-state index contributed by atoms with van der Waals surface area (Å²) in [6.45, 7) is 0. The second kappa shape index (κ2) is 11.8. The molecule has 0 unspecified atom stereocenters. The molecular weight excluding hydrogens is 705 g/mol. The molecule has 0 atom stereocenters. The second-order valence-corrected chi connectivity index (χ2v) is 15.4. The van der Waals surface area contributed by atoms with Crippen LogP contribution in [0, 0.1) is 0 Å². The lowest BCUT2D eigenvalue weighted by Gasteiger charge is -2.17. The standard InChI is InChI=1S/C54H32N4/c1-2-15-34-30-51-43(28-33(34)14-1)40-21-7-11-25-48(40)57(51)50-27-13-17-36-31-52-44(32-42(36)50)41-22-8-12-26-49(41)58(52)54-53(55-46-23-9-10-24-47(46)56-54)45-29-35-16-3-4-18-37(35)38-19-5-6-20-39(38)45/h1-32H. The number of aromatic nitrogens is 4. The zero-order chi connectivity index (χ0) is 37.9. The molecule has 0 N–H and O–H groups in total. The van der Waals surface area contributed by atoms with E-state index in [2.05, 4.69) is 191 Å². The van der Waals surface area contributed by atoms with Crippen molar-refractivity contribution in [2.45, 2.75) is 0 Å². The fourth-order valence-corrected chi connectivity index (χ4v) is 9.64. The number of nitrogens with zero attached hydrogens (tertiary/aromatic N) is 4. The van der Waals surface area contributed by atoms with E-state index >= 15 is 0 Å². The first kappa shape index (κ1) is 31.4. The normalized spacial score (nSPS) is 12.1. The number of rotatable bonds is 3. The molecule has 4 nitrogen and oxygen atoms in total. The Hall–Kier alpha value is -7.82. The Morgan fingerprint density at radius 3 is 1.59 bits per heavy atom. The van der Waals surface area contributed by atoms with E-state index in [9.17, 15) is 0 Å². The summed E-state index contributed by atoms with van der Waals surface area (Å²) in [5.41, 5.74) is 9.39. The van der Waals surface area contributed by atoms with Gasteiger partial charge in [-0.1, -0.05) is 133 Å². The first-order valence-electron chi connectivity index (χ1n) is 19.8. The van der Waals surface area contributed by atoms with Crippen LogP contribution < -0.4 is 0 Å². The Labute approximate surface area is 332 Å². The van der Waals surface area contributed by atoms with Crippen LogP contribution in [0.1, 0.15) is 0 Å². The van der Waals surface area contributed by atoms with Gasteiger partial charge in [-0.15, -0.1) is 0 Å². The molecule has 0 radical (unpaired) electrons. The highest BCUT2D eigenvalue weighted by Crippen LogP contribution is 2.43. The third-order valence-electron chi connectivity index (χ3n) is 12.2. The number of hydrogen-bond acceptors (Lipinski definition) is 2. The molecule has 0 bridgehead atoms. The van der Waals surface area contributed by atoms with Crippen LogP contribution in [0.25, 0.3) is 120 Å². The fourth-order valence-electron chi connectivity index (χ4n) is 9.64. The van der Waals surface area contributed by atoms with E-state index in [1.165, 1.54) is 64.9 Å². The second-order valence-electron chi connectivity index (χ2n) is 15.4. The van der Waals surface area contributed by atoms with Crippen molar-refractivity contribution in [3.8, 4) is 22.8 Å². The summed E-state index contributed by atoms with van der Waals surface area (Å²) in [6, 6.07) is 70.2. The molecule has 10 aromatic carbocycles. The molecule has 0 aliphatic carbocycles. The lowest BCUT2D eigenvalue weighted by Crippen LogP contribution is -2.04. The number of benzene rings is 10. The Kier molecular flexibility index (Phi) is 6.41. The average Bonchev–Trinajstić information content (AvgIpc) is 3.78. The summed E-state index contributed by atoms with van der Waals surface area (Å²) in [5.74, 6) is 0.815. The van der Waals surface area contributed by atoms with E-state index in [1.807, 2.05) is 12.1 Å². The molecule has 0 saturated carbocycles.